The van der Waals surface area contributed by atoms with Gasteiger partial charge < -0.3 is 5.11 Å². The van der Waals surface area contributed by atoms with Gasteiger partial charge >= 0.3 is 5.97 Å². The first-order chi connectivity index (χ1) is 4.63. The molecule has 0 aromatic carbocycles. The highest BCUT2D eigenvalue weighted by Gasteiger charge is 2.42. The van der Waals surface area contributed by atoms with Crippen LogP contribution < -0.4 is 0 Å². The van der Waals surface area contributed by atoms with Crippen molar-refractivity contribution < 1.29 is 18.7 Å². The number of rotatable bonds is 2. The van der Waals surface area contributed by atoms with Gasteiger partial charge in [-0.15, -0.1) is 0 Å². The zero-order valence-corrected chi connectivity index (χ0v) is 5.26. The summed E-state index contributed by atoms with van der Waals surface area (Å²) in [6.45, 7) is 0. The lowest BCUT2D eigenvalue weighted by Gasteiger charge is -2.32. The van der Waals surface area contributed by atoms with Crippen molar-refractivity contribution in [3.63, 3.8) is 0 Å². The van der Waals surface area contributed by atoms with E-state index in [0.717, 1.165) is 0 Å². The number of carboxylic acid groups (broad SMARTS) is 1. The molecule has 2 atom stereocenters. The highest BCUT2D eigenvalue weighted by Crippen LogP contribution is 2.38. The van der Waals surface area contributed by atoms with Gasteiger partial charge in [-0.3, -0.25) is 4.79 Å². The number of alkyl halides is 2. The van der Waals surface area contributed by atoms with E-state index in [-0.39, 0.29) is 0 Å². The molecule has 0 amide bonds. The van der Waals surface area contributed by atoms with Gasteiger partial charge in [-0.05, 0) is 12.8 Å². The molecule has 0 saturated heterocycles. The number of hydrogen-bond acceptors (Lipinski definition) is 1. The second-order valence-electron chi connectivity index (χ2n) is 2.52. The molecule has 58 valence electrons. The maximum atomic E-state index is 11.8. The average molecular weight is 150 g/mol. The SMILES string of the molecule is O=C(O)[C@@H]1CC[C@@H]1C(F)F. The van der Waals surface area contributed by atoms with Crippen LogP contribution in [0.3, 0.4) is 0 Å². The van der Waals surface area contributed by atoms with E-state index in [2.05, 4.69) is 0 Å². The van der Waals surface area contributed by atoms with Gasteiger partial charge in [0.05, 0.1) is 5.92 Å². The minimum absolute atomic E-state index is 0.356. The van der Waals surface area contributed by atoms with Crippen LogP contribution in [-0.4, -0.2) is 17.5 Å². The minimum Gasteiger partial charge on any atom is -0.481 e. The molecule has 0 aromatic rings. The first kappa shape index (κ1) is 7.44. The Morgan fingerprint density at radius 1 is 1.50 bits per heavy atom. The standard InChI is InChI=1S/C6H8F2O2/c7-5(8)3-1-2-4(3)6(9)10/h3-5H,1-2H2,(H,9,10)/t3-,4+/m0/s1. The van der Waals surface area contributed by atoms with Gasteiger partial charge in [0.15, 0.2) is 0 Å². The summed E-state index contributed by atoms with van der Waals surface area (Å²) in [7, 11) is 0. The summed E-state index contributed by atoms with van der Waals surface area (Å²) in [5.74, 6) is -2.77. The highest BCUT2D eigenvalue weighted by atomic mass is 19.3. The Morgan fingerprint density at radius 2 is 2.10 bits per heavy atom. The van der Waals surface area contributed by atoms with Crippen molar-refractivity contribution in [2.45, 2.75) is 19.3 Å². The van der Waals surface area contributed by atoms with Crippen molar-refractivity contribution in [3.05, 3.63) is 0 Å². The zero-order valence-electron chi connectivity index (χ0n) is 5.26. The lowest BCUT2D eigenvalue weighted by molar-refractivity contribution is -0.152. The topological polar surface area (TPSA) is 37.3 Å². The molecule has 0 aliphatic heterocycles. The molecular weight excluding hydrogens is 142 g/mol. The molecule has 0 heterocycles. The van der Waals surface area contributed by atoms with Crippen LogP contribution >= 0.6 is 0 Å². The lowest BCUT2D eigenvalue weighted by Crippen LogP contribution is -2.37. The zero-order chi connectivity index (χ0) is 7.72. The summed E-state index contributed by atoms with van der Waals surface area (Å²) in [5.41, 5.74) is 0. The molecule has 0 spiro atoms. The Hall–Kier alpha value is -0.670. The van der Waals surface area contributed by atoms with Gasteiger partial charge in [-0.2, -0.15) is 0 Å². The first-order valence-electron chi connectivity index (χ1n) is 3.14. The third kappa shape index (κ3) is 1.10. The predicted octanol–water partition coefficient (Wildman–Crippen LogP) is 1.36. The van der Waals surface area contributed by atoms with E-state index in [4.69, 9.17) is 5.11 Å². The second kappa shape index (κ2) is 2.52. The van der Waals surface area contributed by atoms with Crippen molar-refractivity contribution in [2.24, 2.45) is 11.8 Å². The van der Waals surface area contributed by atoms with Crippen molar-refractivity contribution in [2.75, 3.05) is 0 Å². The Labute approximate surface area is 56.8 Å². The summed E-state index contributed by atoms with van der Waals surface area (Å²) < 4.78 is 23.7. The summed E-state index contributed by atoms with van der Waals surface area (Å²) >= 11 is 0. The van der Waals surface area contributed by atoms with Gasteiger partial charge in [0, 0.05) is 5.92 Å². The van der Waals surface area contributed by atoms with Crippen LogP contribution in [0.4, 0.5) is 8.78 Å². The van der Waals surface area contributed by atoms with Crippen LogP contribution in [0.25, 0.3) is 0 Å². The number of halogens is 2. The molecule has 1 rings (SSSR count). The predicted molar refractivity (Wildman–Crippen MR) is 29.9 cm³/mol. The van der Waals surface area contributed by atoms with Crippen LogP contribution in [0, 0.1) is 11.8 Å². The average Bonchev–Trinajstić information content (AvgIpc) is 1.56. The second-order valence-corrected chi connectivity index (χ2v) is 2.52. The molecule has 2 nitrogen and oxygen atoms in total. The molecule has 0 aromatic heterocycles. The van der Waals surface area contributed by atoms with E-state index >= 15 is 0 Å². The Morgan fingerprint density at radius 3 is 2.20 bits per heavy atom. The molecule has 4 heteroatoms. The summed E-state index contributed by atoms with van der Waals surface area (Å²) in [6.07, 6.45) is -1.70. The number of carboxylic acids is 1. The van der Waals surface area contributed by atoms with Crippen LogP contribution in [0.2, 0.25) is 0 Å². The maximum Gasteiger partial charge on any atom is 0.306 e. The van der Waals surface area contributed by atoms with Crippen LogP contribution in [0.5, 0.6) is 0 Å². The first-order valence-corrected chi connectivity index (χ1v) is 3.14. The van der Waals surface area contributed by atoms with Crippen molar-refractivity contribution in [1.82, 2.24) is 0 Å². The Bertz CT molecular complexity index is 147. The minimum atomic E-state index is -2.46. The molecule has 1 N–H and O–H groups in total. The number of hydrogen-bond donors (Lipinski definition) is 1. The molecule has 1 saturated carbocycles. The smallest absolute Gasteiger partial charge is 0.306 e. The summed E-state index contributed by atoms with van der Waals surface area (Å²) in [4.78, 5) is 10.2. The van der Waals surface area contributed by atoms with E-state index in [0.29, 0.717) is 12.8 Å². The molecule has 0 radical (unpaired) electrons. The molecule has 10 heavy (non-hydrogen) atoms. The summed E-state index contributed by atoms with van der Waals surface area (Å²) in [6, 6.07) is 0. The van der Waals surface area contributed by atoms with E-state index in [1.54, 1.807) is 0 Å². The largest absolute Gasteiger partial charge is 0.481 e. The van der Waals surface area contributed by atoms with Gasteiger partial charge in [0.1, 0.15) is 0 Å². The van der Waals surface area contributed by atoms with E-state index < -0.39 is 24.2 Å². The van der Waals surface area contributed by atoms with E-state index in [9.17, 15) is 13.6 Å². The fourth-order valence-electron chi connectivity index (χ4n) is 1.13. The number of carbonyl (C=O) groups is 1. The van der Waals surface area contributed by atoms with Crippen molar-refractivity contribution in [1.29, 1.82) is 0 Å². The molecule has 1 aliphatic carbocycles. The molecular formula is C6H8F2O2. The number of aliphatic carboxylic acids is 1. The molecule has 1 fully saturated rings. The third-order valence-electron chi connectivity index (χ3n) is 1.97. The fourth-order valence-corrected chi connectivity index (χ4v) is 1.13. The van der Waals surface area contributed by atoms with Gasteiger partial charge in [-0.1, -0.05) is 0 Å². The van der Waals surface area contributed by atoms with Crippen LogP contribution in [0.1, 0.15) is 12.8 Å². The molecule has 0 bridgehead atoms. The van der Waals surface area contributed by atoms with Crippen LogP contribution in [0.15, 0.2) is 0 Å². The molecule has 1 aliphatic rings. The van der Waals surface area contributed by atoms with Crippen molar-refractivity contribution in [3.8, 4) is 0 Å². The van der Waals surface area contributed by atoms with Gasteiger partial charge in [0.2, 0.25) is 6.43 Å². The quantitative estimate of drug-likeness (QED) is 0.645. The van der Waals surface area contributed by atoms with Crippen molar-refractivity contribution >= 4 is 5.97 Å². The summed E-state index contributed by atoms with van der Waals surface area (Å²) in [5, 5.41) is 8.32. The fraction of sp³-hybridized carbons (Fsp3) is 0.833. The van der Waals surface area contributed by atoms with Gasteiger partial charge in [-0.25, -0.2) is 8.78 Å². The van der Waals surface area contributed by atoms with E-state index in [1.165, 1.54) is 0 Å². The molecule has 0 unspecified atom stereocenters. The monoisotopic (exact) mass is 150 g/mol. The Kier molecular flexibility index (Phi) is 1.87. The third-order valence-corrected chi connectivity index (χ3v) is 1.97. The lowest BCUT2D eigenvalue weighted by atomic mass is 9.74. The Balaban J connectivity index is 2.43. The van der Waals surface area contributed by atoms with E-state index in [1.807, 2.05) is 0 Å². The normalized spacial score (nSPS) is 31.9. The van der Waals surface area contributed by atoms with Crippen LogP contribution in [-0.2, 0) is 4.79 Å². The highest BCUT2D eigenvalue weighted by molar-refractivity contribution is 5.71. The maximum absolute atomic E-state index is 11.8. The van der Waals surface area contributed by atoms with Gasteiger partial charge in [0.25, 0.3) is 0 Å².